The normalized spacial score (nSPS) is 13.8. The Labute approximate surface area is 194 Å². The van der Waals surface area contributed by atoms with Crippen molar-refractivity contribution in [3.05, 3.63) is 64.7 Å². The summed E-state index contributed by atoms with van der Waals surface area (Å²) in [5, 5.41) is 2.85. The van der Waals surface area contributed by atoms with Crippen molar-refractivity contribution in [2.45, 2.75) is 53.0 Å². The van der Waals surface area contributed by atoms with E-state index in [2.05, 4.69) is 5.32 Å². The maximum Gasteiger partial charge on any atom is 0.329 e. The van der Waals surface area contributed by atoms with E-state index >= 15 is 0 Å². The molecular weight excluding hydrogens is 420 g/mol. The zero-order chi connectivity index (χ0) is 24.1. The minimum Gasteiger partial charge on any atom is -0.454 e. The van der Waals surface area contributed by atoms with Gasteiger partial charge in [-0.05, 0) is 48.4 Å². The lowest BCUT2D eigenvalue weighted by Gasteiger charge is -2.26. The Morgan fingerprint density at radius 2 is 1.45 bits per heavy atom. The number of carbonyl (C=O) groups excluding carboxylic acids is 4. The number of benzene rings is 2. The zero-order valence-electron chi connectivity index (χ0n) is 19.5. The molecule has 1 aliphatic heterocycles. The number of amides is 3. The topological polar surface area (TPSA) is 92.8 Å². The quantitative estimate of drug-likeness (QED) is 0.460. The zero-order valence-corrected chi connectivity index (χ0v) is 19.5. The molecule has 2 aromatic rings. The first-order chi connectivity index (χ1) is 15.8. The molecule has 3 rings (SSSR count). The van der Waals surface area contributed by atoms with Gasteiger partial charge in [0.2, 0.25) is 0 Å². The lowest BCUT2D eigenvalue weighted by atomic mass is 10.0. The van der Waals surface area contributed by atoms with Crippen molar-refractivity contribution in [1.82, 2.24) is 4.90 Å². The monoisotopic (exact) mass is 450 g/mol. The van der Waals surface area contributed by atoms with Gasteiger partial charge in [-0.1, -0.05) is 58.0 Å². The predicted octanol–water partition coefficient (Wildman–Crippen LogP) is 4.00. The van der Waals surface area contributed by atoms with Crippen LogP contribution < -0.4 is 5.32 Å². The van der Waals surface area contributed by atoms with Crippen molar-refractivity contribution in [3.8, 4) is 0 Å². The molecule has 0 bridgehead atoms. The Kier molecular flexibility index (Phi) is 7.63. The van der Waals surface area contributed by atoms with E-state index in [0.717, 1.165) is 34.6 Å². The fourth-order valence-corrected chi connectivity index (χ4v) is 4.06. The van der Waals surface area contributed by atoms with Crippen LogP contribution in [0.25, 0.3) is 0 Å². The molecule has 7 heteroatoms. The van der Waals surface area contributed by atoms with Crippen LogP contribution in [0.5, 0.6) is 0 Å². The Bertz CT molecular complexity index is 1020. The number of esters is 1. The SMILES string of the molecule is CCc1cccc(CC)c1NC(=O)COC(=O)[C@H](CC(C)C)N1C(=O)c2ccccc2C1=O. The molecule has 1 heterocycles. The van der Waals surface area contributed by atoms with Crippen molar-refractivity contribution >= 4 is 29.4 Å². The molecular formula is C26H30N2O5. The van der Waals surface area contributed by atoms with Crippen LogP contribution in [0.15, 0.2) is 42.5 Å². The molecule has 0 saturated heterocycles. The van der Waals surface area contributed by atoms with Gasteiger partial charge in [0.25, 0.3) is 17.7 Å². The maximum atomic E-state index is 13.0. The number of ether oxygens (including phenoxy) is 1. The largest absolute Gasteiger partial charge is 0.454 e. The van der Waals surface area contributed by atoms with Crippen LogP contribution in [-0.2, 0) is 27.2 Å². The number of hydrogen-bond donors (Lipinski definition) is 1. The molecule has 0 fully saturated rings. The van der Waals surface area contributed by atoms with Gasteiger partial charge in [0.1, 0.15) is 6.04 Å². The average Bonchev–Trinajstić information content (AvgIpc) is 3.06. The number of fused-ring (bicyclic) bond motifs is 1. The van der Waals surface area contributed by atoms with Crippen LogP contribution in [0.4, 0.5) is 5.69 Å². The van der Waals surface area contributed by atoms with Crippen LogP contribution in [-0.4, -0.2) is 41.2 Å². The number of rotatable bonds is 9. The summed E-state index contributed by atoms with van der Waals surface area (Å²) < 4.78 is 5.30. The number of para-hydroxylation sites is 1. The van der Waals surface area contributed by atoms with Gasteiger partial charge in [-0.25, -0.2) is 4.79 Å². The average molecular weight is 451 g/mol. The first-order valence-electron chi connectivity index (χ1n) is 11.3. The van der Waals surface area contributed by atoms with Crippen molar-refractivity contribution in [2.24, 2.45) is 5.92 Å². The standard InChI is InChI=1S/C26H30N2O5/c1-5-17-10-9-11-18(6-2)23(17)27-22(29)15-33-26(32)21(14-16(3)4)28-24(30)19-12-7-8-13-20(19)25(28)31/h7-13,16,21H,5-6,14-15H2,1-4H3,(H,27,29)/t21-/m0/s1. The first-order valence-corrected chi connectivity index (χ1v) is 11.3. The molecule has 1 aliphatic rings. The highest BCUT2D eigenvalue weighted by Crippen LogP contribution is 2.27. The van der Waals surface area contributed by atoms with Gasteiger partial charge in [-0.15, -0.1) is 0 Å². The van der Waals surface area contributed by atoms with Crippen LogP contribution in [0.3, 0.4) is 0 Å². The molecule has 0 aromatic heterocycles. The van der Waals surface area contributed by atoms with Crippen molar-refractivity contribution in [3.63, 3.8) is 0 Å². The summed E-state index contributed by atoms with van der Waals surface area (Å²) in [6, 6.07) is 11.2. The third kappa shape index (κ3) is 5.13. The lowest BCUT2D eigenvalue weighted by Crippen LogP contribution is -2.46. The third-order valence-electron chi connectivity index (χ3n) is 5.71. The van der Waals surface area contributed by atoms with E-state index in [9.17, 15) is 19.2 Å². The number of aryl methyl sites for hydroxylation is 2. The smallest absolute Gasteiger partial charge is 0.329 e. The summed E-state index contributed by atoms with van der Waals surface area (Å²) in [7, 11) is 0. The second kappa shape index (κ2) is 10.4. The number of carbonyl (C=O) groups is 4. The molecule has 0 unspecified atom stereocenters. The molecule has 1 atom stereocenters. The van der Waals surface area contributed by atoms with Crippen molar-refractivity contribution < 1.29 is 23.9 Å². The van der Waals surface area contributed by atoms with E-state index in [0.29, 0.717) is 0 Å². The van der Waals surface area contributed by atoms with E-state index in [1.807, 2.05) is 45.9 Å². The number of hydrogen-bond acceptors (Lipinski definition) is 5. The van der Waals surface area contributed by atoms with E-state index < -0.39 is 36.3 Å². The summed E-state index contributed by atoms with van der Waals surface area (Å²) in [4.78, 5) is 52.3. The Hall–Kier alpha value is -3.48. The first kappa shape index (κ1) is 24.2. The molecule has 0 aliphatic carbocycles. The van der Waals surface area contributed by atoms with Gasteiger partial charge in [-0.2, -0.15) is 0 Å². The fourth-order valence-electron chi connectivity index (χ4n) is 4.06. The molecule has 0 radical (unpaired) electrons. The van der Waals surface area contributed by atoms with E-state index in [4.69, 9.17) is 4.74 Å². The summed E-state index contributed by atoms with van der Waals surface area (Å²) in [6.45, 7) is 7.28. The minimum absolute atomic E-state index is 0.0178. The summed E-state index contributed by atoms with van der Waals surface area (Å²) in [5.74, 6) is -2.26. The Balaban J connectivity index is 1.73. The number of nitrogens with zero attached hydrogens (tertiary/aromatic N) is 1. The van der Waals surface area contributed by atoms with Gasteiger partial charge in [0.15, 0.2) is 6.61 Å². The maximum absolute atomic E-state index is 13.0. The van der Waals surface area contributed by atoms with Crippen LogP contribution in [0.1, 0.15) is 66.0 Å². The Morgan fingerprint density at radius 1 is 0.909 bits per heavy atom. The van der Waals surface area contributed by atoms with Gasteiger partial charge in [0, 0.05) is 5.69 Å². The summed E-state index contributed by atoms with van der Waals surface area (Å²) >= 11 is 0. The molecule has 2 aromatic carbocycles. The number of nitrogens with one attached hydrogen (secondary N) is 1. The highest BCUT2D eigenvalue weighted by atomic mass is 16.5. The number of anilines is 1. The van der Waals surface area contributed by atoms with Gasteiger partial charge in [0.05, 0.1) is 11.1 Å². The Morgan fingerprint density at radius 3 is 1.94 bits per heavy atom. The lowest BCUT2D eigenvalue weighted by molar-refractivity contribution is -0.151. The van der Waals surface area contributed by atoms with Crippen LogP contribution >= 0.6 is 0 Å². The molecule has 33 heavy (non-hydrogen) atoms. The molecule has 0 spiro atoms. The highest BCUT2D eigenvalue weighted by Gasteiger charge is 2.43. The molecule has 0 saturated carbocycles. The molecule has 174 valence electrons. The van der Waals surface area contributed by atoms with Gasteiger partial charge < -0.3 is 10.1 Å². The summed E-state index contributed by atoms with van der Waals surface area (Å²) in [5.41, 5.74) is 3.27. The van der Waals surface area contributed by atoms with E-state index in [1.165, 1.54) is 0 Å². The highest BCUT2D eigenvalue weighted by molar-refractivity contribution is 6.22. The molecule has 3 amide bonds. The fraction of sp³-hybridized carbons (Fsp3) is 0.385. The van der Waals surface area contributed by atoms with E-state index in [-0.39, 0.29) is 23.5 Å². The van der Waals surface area contributed by atoms with Crippen molar-refractivity contribution in [2.75, 3.05) is 11.9 Å². The van der Waals surface area contributed by atoms with Crippen molar-refractivity contribution in [1.29, 1.82) is 0 Å². The third-order valence-corrected chi connectivity index (χ3v) is 5.71. The summed E-state index contributed by atoms with van der Waals surface area (Å²) in [6.07, 6.45) is 1.74. The van der Waals surface area contributed by atoms with Gasteiger partial charge >= 0.3 is 5.97 Å². The van der Waals surface area contributed by atoms with E-state index in [1.54, 1.807) is 24.3 Å². The second-order valence-corrected chi connectivity index (χ2v) is 8.49. The molecule has 1 N–H and O–H groups in total. The second-order valence-electron chi connectivity index (χ2n) is 8.49. The minimum atomic E-state index is -1.10. The predicted molar refractivity (Wildman–Crippen MR) is 125 cm³/mol. The van der Waals surface area contributed by atoms with Crippen LogP contribution in [0.2, 0.25) is 0 Å². The number of imide groups is 1. The van der Waals surface area contributed by atoms with Gasteiger partial charge in [-0.3, -0.25) is 19.3 Å². The van der Waals surface area contributed by atoms with Crippen LogP contribution in [0, 0.1) is 5.92 Å². The molecule has 7 nitrogen and oxygen atoms in total.